The summed E-state index contributed by atoms with van der Waals surface area (Å²) >= 11 is 5.22. The Kier molecular flexibility index (Phi) is 6.22. The molecule has 1 heterocycles. The second-order valence-corrected chi connectivity index (χ2v) is 7.06. The molecule has 0 saturated heterocycles. The molecule has 0 aliphatic rings. The van der Waals surface area contributed by atoms with E-state index in [1.165, 1.54) is 4.90 Å². The highest BCUT2D eigenvalue weighted by Crippen LogP contribution is 2.22. The van der Waals surface area contributed by atoms with Crippen LogP contribution in [-0.2, 0) is 6.42 Å². The molecule has 1 aromatic carbocycles. The molecule has 3 N–H and O–H groups in total. The first-order chi connectivity index (χ1) is 10.1. The van der Waals surface area contributed by atoms with Gasteiger partial charge >= 0.3 is 0 Å². The molecule has 5 nitrogen and oxygen atoms in total. The maximum atomic E-state index is 5.68. The molecule has 1 aromatic heterocycles. The lowest BCUT2D eigenvalue weighted by molar-refractivity contribution is 0.477. The normalized spacial score (nSPS) is 12.8. The third-order valence-electron chi connectivity index (χ3n) is 3.07. The Labute approximate surface area is 137 Å². The summed E-state index contributed by atoms with van der Waals surface area (Å²) in [5, 5.41) is 4.26. The first kappa shape index (κ1) is 16.5. The molecule has 0 aliphatic carbocycles. The SMILES string of the molecule is CC(C)n1ncnc1CC(CSc1ccc(Br)cc1)NN. The van der Waals surface area contributed by atoms with Crippen molar-refractivity contribution in [1.29, 1.82) is 0 Å². The molecule has 0 saturated carbocycles. The maximum Gasteiger partial charge on any atom is 0.138 e. The lowest BCUT2D eigenvalue weighted by Crippen LogP contribution is -2.39. The Morgan fingerprint density at radius 2 is 2.05 bits per heavy atom. The number of nitrogens with zero attached hydrogens (tertiary/aromatic N) is 3. The molecule has 0 radical (unpaired) electrons. The molecule has 0 bridgehead atoms. The topological polar surface area (TPSA) is 68.8 Å². The quantitative estimate of drug-likeness (QED) is 0.446. The van der Waals surface area contributed by atoms with Gasteiger partial charge in [0.15, 0.2) is 0 Å². The first-order valence-electron chi connectivity index (χ1n) is 6.83. The van der Waals surface area contributed by atoms with Gasteiger partial charge in [-0.05, 0) is 38.1 Å². The van der Waals surface area contributed by atoms with Crippen LogP contribution in [0.5, 0.6) is 0 Å². The van der Waals surface area contributed by atoms with Crippen LogP contribution in [0.3, 0.4) is 0 Å². The monoisotopic (exact) mass is 369 g/mol. The van der Waals surface area contributed by atoms with Gasteiger partial charge in [0.05, 0.1) is 0 Å². The van der Waals surface area contributed by atoms with E-state index in [1.807, 2.05) is 16.8 Å². The van der Waals surface area contributed by atoms with Gasteiger partial charge in [0.2, 0.25) is 0 Å². The van der Waals surface area contributed by atoms with Crippen LogP contribution < -0.4 is 11.3 Å². The highest BCUT2D eigenvalue weighted by atomic mass is 79.9. The summed E-state index contributed by atoms with van der Waals surface area (Å²) in [4.78, 5) is 5.56. The number of rotatable bonds is 7. The van der Waals surface area contributed by atoms with Crippen molar-refractivity contribution in [3.8, 4) is 0 Å². The molecule has 0 amide bonds. The van der Waals surface area contributed by atoms with Crippen molar-refractivity contribution in [1.82, 2.24) is 20.2 Å². The standard InChI is InChI=1S/C14H20BrN5S/c1-10(2)20-14(17-9-18-20)7-12(19-16)8-21-13-5-3-11(15)4-6-13/h3-6,9-10,12,19H,7-8,16H2,1-2H3. The molecule has 7 heteroatoms. The molecular formula is C14H20BrN5S. The van der Waals surface area contributed by atoms with Gasteiger partial charge < -0.3 is 0 Å². The lowest BCUT2D eigenvalue weighted by Gasteiger charge is -2.16. The highest BCUT2D eigenvalue weighted by Gasteiger charge is 2.14. The molecule has 2 rings (SSSR count). The van der Waals surface area contributed by atoms with Crippen LogP contribution in [0.1, 0.15) is 25.7 Å². The van der Waals surface area contributed by atoms with E-state index in [-0.39, 0.29) is 6.04 Å². The first-order valence-corrected chi connectivity index (χ1v) is 8.61. The summed E-state index contributed by atoms with van der Waals surface area (Å²) in [7, 11) is 0. The Balaban J connectivity index is 1.94. The number of nitrogens with two attached hydrogens (primary N) is 1. The zero-order valence-corrected chi connectivity index (χ0v) is 14.6. The van der Waals surface area contributed by atoms with Crippen molar-refractivity contribution in [2.24, 2.45) is 5.84 Å². The Bertz CT molecular complexity index is 555. The average Bonchev–Trinajstić information content (AvgIpc) is 2.93. The maximum absolute atomic E-state index is 5.68. The number of halogens is 1. The third-order valence-corrected chi connectivity index (χ3v) is 4.77. The second kappa shape index (κ2) is 7.93. The van der Waals surface area contributed by atoms with Gasteiger partial charge in [0.1, 0.15) is 12.2 Å². The summed E-state index contributed by atoms with van der Waals surface area (Å²) in [5.41, 5.74) is 2.88. The summed E-state index contributed by atoms with van der Waals surface area (Å²) in [6.07, 6.45) is 2.36. The Morgan fingerprint density at radius 1 is 1.33 bits per heavy atom. The fourth-order valence-electron chi connectivity index (χ4n) is 1.97. The third kappa shape index (κ3) is 4.81. The Morgan fingerprint density at radius 3 is 2.67 bits per heavy atom. The van der Waals surface area contributed by atoms with E-state index in [4.69, 9.17) is 5.84 Å². The van der Waals surface area contributed by atoms with Crippen molar-refractivity contribution in [2.45, 2.75) is 37.2 Å². The summed E-state index contributed by atoms with van der Waals surface area (Å²) < 4.78 is 3.03. The van der Waals surface area contributed by atoms with Crippen molar-refractivity contribution >= 4 is 27.7 Å². The second-order valence-electron chi connectivity index (χ2n) is 5.05. The zero-order valence-electron chi connectivity index (χ0n) is 12.2. The van der Waals surface area contributed by atoms with Gasteiger partial charge in [0, 0.05) is 33.6 Å². The van der Waals surface area contributed by atoms with Crippen LogP contribution in [0, 0.1) is 0 Å². The van der Waals surface area contributed by atoms with Crippen molar-refractivity contribution in [3.63, 3.8) is 0 Å². The van der Waals surface area contributed by atoms with Crippen molar-refractivity contribution in [3.05, 3.63) is 40.9 Å². The van der Waals surface area contributed by atoms with Gasteiger partial charge in [-0.3, -0.25) is 11.3 Å². The van der Waals surface area contributed by atoms with E-state index in [9.17, 15) is 0 Å². The fraction of sp³-hybridized carbons (Fsp3) is 0.429. The minimum atomic E-state index is 0.153. The predicted octanol–water partition coefficient (Wildman–Crippen LogP) is 2.79. The van der Waals surface area contributed by atoms with Crippen LogP contribution in [0.15, 0.2) is 40.0 Å². The minimum Gasteiger partial charge on any atom is -0.271 e. The summed E-state index contributed by atoms with van der Waals surface area (Å²) in [5.74, 6) is 7.52. The molecule has 2 aromatic rings. The van der Waals surface area contributed by atoms with Crippen LogP contribution >= 0.6 is 27.7 Å². The smallest absolute Gasteiger partial charge is 0.138 e. The van der Waals surface area contributed by atoms with Crippen molar-refractivity contribution in [2.75, 3.05) is 5.75 Å². The number of nitrogens with one attached hydrogen (secondary N) is 1. The van der Waals surface area contributed by atoms with Gasteiger partial charge in [0.25, 0.3) is 0 Å². The predicted molar refractivity (Wildman–Crippen MR) is 90.1 cm³/mol. The summed E-state index contributed by atoms with van der Waals surface area (Å²) in [6, 6.07) is 8.74. The molecule has 21 heavy (non-hydrogen) atoms. The van der Waals surface area contributed by atoms with Crippen LogP contribution in [-0.4, -0.2) is 26.6 Å². The lowest BCUT2D eigenvalue weighted by atomic mass is 10.2. The fourth-order valence-corrected chi connectivity index (χ4v) is 3.17. The number of aromatic nitrogens is 3. The molecule has 1 atom stereocenters. The van der Waals surface area contributed by atoms with E-state index >= 15 is 0 Å². The largest absolute Gasteiger partial charge is 0.271 e. The van der Waals surface area contributed by atoms with Crippen LogP contribution in [0.4, 0.5) is 0 Å². The van der Waals surface area contributed by atoms with Crippen LogP contribution in [0.25, 0.3) is 0 Å². The van der Waals surface area contributed by atoms with Gasteiger partial charge in [-0.15, -0.1) is 11.8 Å². The van der Waals surface area contributed by atoms with E-state index in [0.29, 0.717) is 6.04 Å². The highest BCUT2D eigenvalue weighted by molar-refractivity contribution is 9.10. The molecular weight excluding hydrogens is 350 g/mol. The van der Waals surface area contributed by atoms with E-state index in [1.54, 1.807) is 18.1 Å². The molecule has 0 spiro atoms. The molecule has 0 fully saturated rings. The molecule has 0 aliphatic heterocycles. The van der Waals surface area contributed by atoms with E-state index in [0.717, 1.165) is 22.5 Å². The molecule has 114 valence electrons. The van der Waals surface area contributed by atoms with E-state index in [2.05, 4.69) is 57.4 Å². The minimum absolute atomic E-state index is 0.153. The number of hydrogen-bond acceptors (Lipinski definition) is 5. The van der Waals surface area contributed by atoms with E-state index < -0.39 is 0 Å². The van der Waals surface area contributed by atoms with Gasteiger partial charge in [-0.2, -0.15) is 5.10 Å². The average molecular weight is 370 g/mol. The van der Waals surface area contributed by atoms with Crippen molar-refractivity contribution < 1.29 is 0 Å². The Hall–Kier alpha value is -0.890. The van der Waals surface area contributed by atoms with Crippen LogP contribution in [0.2, 0.25) is 0 Å². The van der Waals surface area contributed by atoms with Gasteiger partial charge in [-0.25, -0.2) is 9.67 Å². The number of hydrazine groups is 1. The molecule has 1 unspecified atom stereocenters. The van der Waals surface area contributed by atoms with Gasteiger partial charge in [-0.1, -0.05) is 15.9 Å². The zero-order chi connectivity index (χ0) is 15.2. The number of hydrogen-bond donors (Lipinski definition) is 2. The number of thioether (sulfide) groups is 1. The summed E-state index contributed by atoms with van der Waals surface area (Å²) in [6.45, 7) is 4.19. The number of benzene rings is 1.